The largest absolute Gasteiger partial charge is 0.368 e. The molecule has 1 amide bonds. The number of hydrogen-bond donors (Lipinski definition) is 1. The Hall–Kier alpha value is -1.80. The standard InChI is InChI=1S/C21H25Cl2N3O3S/c1-14-5-4-6-19(15(14)2)25-9-11-26(12-10-25)21(27)16(3)24-30(28,29)20-13-17(22)7-8-18(20)23/h4-8,13,16,24H,9-12H2,1-3H3/t16-/m1/s1. The first-order valence-electron chi connectivity index (χ1n) is 9.67. The zero-order chi connectivity index (χ0) is 22.1. The molecule has 0 bridgehead atoms. The highest BCUT2D eigenvalue weighted by atomic mass is 35.5. The minimum absolute atomic E-state index is 0.0497. The quantitative estimate of drug-likeness (QED) is 0.725. The summed E-state index contributed by atoms with van der Waals surface area (Å²) in [7, 11) is -3.98. The fraction of sp³-hybridized carbons (Fsp3) is 0.381. The van der Waals surface area contributed by atoms with E-state index in [0.717, 1.165) is 0 Å². The summed E-state index contributed by atoms with van der Waals surface area (Å²) in [6.45, 7) is 8.14. The van der Waals surface area contributed by atoms with E-state index in [2.05, 4.69) is 35.6 Å². The minimum Gasteiger partial charge on any atom is -0.368 e. The first kappa shape index (κ1) is 22.9. The Morgan fingerprint density at radius 3 is 2.40 bits per heavy atom. The van der Waals surface area contributed by atoms with Gasteiger partial charge in [0.1, 0.15) is 4.90 Å². The molecule has 3 rings (SSSR count). The Labute approximate surface area is 187 Å². The number of rotatable bonds is 5. The number of nitrogens with zero attached hydrogens (tertiary/aromatic N) is 2. The monoisotopic (exact) mass is 469 g/mol. The summed E-state index contributed by atoms with van der Waals surface area (Å²) in [6.07, 6.45) is 0. The van der Waals surface area contributed by atoms with Crippen molar-refractivity contribution in [3.05, 3.63) is 57.6 Å². The van der Waals surface area contributed by atoms with E-state index in [1.54, 1.807) is 4.90 Å². The fourth-order valence-electron chi connectivity index (χ4n) is 3.55. The second-order valence-corrected chi connectivity index (χ2v) is 9.98. The van der Waals surface area contributed by atoms with Gasteiger partial charge in [-0.3, -0.25) is 4.79 Å². The van der Waals surface area contributed by atoms with Gasteiger partial charge in [0.2, 0.25) is 15.9 Å². The predicted octanol–water partition coefficient (Wildman–Crippen LogP) is 3.63. The van der Waals surface area contributed by atoms with Crippen molar-refractivity contribution < 1.29 is 13.2 Å². The van der Waals surface area contributed by atoms with Crippen molar-refractivity contribution in [2.45, 2.75) is 31.7 Å². The van der Waals surface area contributed by atoms with Crippen molar-refractivity contribution in [2.24, 2.45) is 0 Å². The van der Waals surface area contributed by atoms with E-state index in [0.29, 0.717) is 26.2 Å². The molecule has 0 aromatic heterocycles. The van der Waals surface area contributed by atoms with Crippen molar-refractivity contribution in [1.29, 1.82) is 0 Å². The van der Waals surface area contributed by atoms with E-state index in [1.807, 2.05) is 6.07 Å². The lowest BCUT2D eigenvalue weighted by Crippen LogP contribution is -2.54. The molecule has 0 saturated carbocycles. The maximum atomic E-state index is 12.8. The Kier molecular flexibility index (Phi) is 6.97. The van der Waals surface area contributed by atoms with E-state index in [1.165, 1.54) is 41.9 Å². The van der Waals surface area contributed by atoms with Crippen LogP contribution < -0.4 is 9.62 Å². The molecule has 1 heterocycles. The molecule has 1 fully saturated rings. The van der Waals surface area contributed by atoms with Crippen LogP contribution in [0, 0.1) is 13.8 Å². The third-order valence-electron chi connectivity index (χ3n) is 5.39. The molecule has 0 spiro atoms. The SMILES string of the molecule is Cc1cccc(N2CCN(C(=O)[C@@H](C)NS(=O)(=O)c3cc(Cl)ccc3Cl)CC2)c1C. The molecule has 2 aromatic rings. The lowest BCUT2D eigenvalue weighted by molar-refractivity contribution is -0.132. The van der Waals surface area contributed by atoms with E-state index >= 15 is 0 Å². The third kappa shape index (κ3) is 4.91. The average Bonchev–Trinajstić information content (AvgIpc) is 2.71. The Bertz CT molecular complexity index is 1050. The normalized spacial score (nSPS) is 15.9. The van der Waals surface area contributed by atoms with Gasteiger partial charge in [-0.1, -0.05) is 35.3 Å². The topological polar surface area (TPSA) is 69.7 Å². The van der Waals surface area contributed by atoms with Gasteiger partial charge in [0.05, 0.1) is 11.1 Å². The van der Waals surface area contributed by atoms with Crippen LogP contribution >= 0.6 is 23.2 Å². The number of nitrogens with one attached hydrogen (secondary N) is 1. The number of carbonyl (C=O) groups excluding carboxylic acids is 1. The smallest absolute Gasteiger partial charge is 0.242 e. The summed E-state index contributed by atoms with van der Waals surface area (Å²) in [6, 6.07) is 9.48. The number of sulfonamides is 1. The van der Waals surface area contributed by atoms with Gasteiger partial charge in [0.25, 0.3) is 0 Å². The lowest BCUT2D eigenvalue weighted by Gasteiger charge is -2.38. The van der Waals surface area contributed by atoms with E-state index in [-0.39, 0.29) is 20.8 Å². The summed E-state index contributed by atoms with van der Waals surface area (Å²) in [4.78, 5) is 16.6. The van der Waals surface area contributed by atoms with Crippen molar-refractivity contribution in [3.63, 3.8) is 0 Å². The van der Waals surface area contributed by atoms with Crippen LogP contribution in [0.3, 0.4) is 0 Å². The van der Waals surface area contributed by atoms with Crippen LogP contribution in [-0.2, 0) is 14.8 Å². The minimum atomic E-state index is -3.98. The van der Waals surface area contributed by atoms with Gasteiger partial charge in [-0.05, 0) is 56.2 Å². The Morgan fingerprint density at radius 1 is 1.07 bits per heavy atom. The number of amides is 1. The molecule has 1 aliphatic rings. The van der Waals surface area contributed by atoms with Gasteiger partial charge in [0.15, 0.2) is 0 Å². The number of benzene rings is 2. The molecule has 9 heteroatoms. The van der Waals surface area contributed by atoms with Gasteiger partial charge in [0, 0.05) is 36.9 Å². The molecule has 0 radical (unpaired) electrons. The van der Waals surface area contributed by atoms with E-state index < -0.39 is 16.1 Å². The highest BCUT2D eigenvalue weighted by Gasteiger charge is 2.29. The van der Waals surface area contributed by atoms with Crippen molar-refractivity contribution in [2.75, 3.05) is 31.1 Å². The average molecular weight is 470 g/mol. The van der Waals surface area contributed by atoms with Crippen molar-refractivity contribution in [1.82, 2.24) is 9.62 Å². The van der Waals surface area contributed by atoms with Gasteiger partial charge in [-0.2, -0.15) is 4.72 Å². The van der Waals surface area contributed by atoms with Crippen LogP contribution in [0.1, 0.15) is 18.1 Å². The fourth-order valence-corrected chi connectivity index (χ4v) is 5.51. The Balaban J connectivity index is 1.65. The van der Waals surface area contributed by atoms with Crippen molar-refractivity contribution >= 4 is 44.8 Å². The second kappa shape index (κ2) is 9.14. The molecule has 1 aliphatic heterocycles. The molecule has 162 valence electrons. The number of aryl methyl sites for hydroxylation is 1. The van der Waals surface area contributed by atoms with Crippen LogP contribution in [0.4, 0.5) is 5.69 Å². The molecule has 0 unspecified atom stereocenters. The van der Waals surface area contributed by atoms with E-state index in [4.69, 9.17) is 23.2 Å². The van der Waals surface area contributed by atoms with Gasteiger partial charge in [-0.15, -0.1) is 0 Å². The van der Waals surface area contributed by atoms with Gasteiger partial charge in [-0.25, -0.2) is 8.42 Å². The Morgan fingerprint density at radius 2 is 1.73 bits per heavy atom. The molecule has 1 N–H and O–H groups in total. The first-order chi connectivity index (χ1) is 14.1. The zero-order valence-electron chi connectivity index (χ0n) is 17.2. The molecule has 6 nitrogen and oxygen atoms in total. The second-order valence-electron chi connectivity index (χ2n) is 7.45. The van der Waals surface area contributed by atoms with Gasteiger partial charge >= 0.3 is 0 Å². The van der Waals surface area contributed by atoms with Gasteiger partial charge < -0.3 is 9.80 Å². The number of carbonyl (C=O) groups is 1. The molecule has 0 aliphatic carbocycles. The first-order valence-corrected chi connectivity index (χ1v) is 11.9. The summed E-state index contributed by atoms with van der Waals surface area (Å²) in [5, 5.41) is 0.301. The third-order valence-corrected chi connectivity index (χ3v) is 7.65. The lowest BCUT2D eigenvalue weighted by atomic mass is 10.1. The molecular formula is C21H25Cl2N3O3S. The van der Waals surface area contributed by atoms with Crippen molar-refractivity contribution in [3.8, 4) is 0 Å². The van der Waals surface area contributed by atoms with Crippen LogP contribution in [0.2, 0.25) is 10.0 Å². The van der Waals surface area contributed by atoms with Crippen LogP contribution in [-0.4, -0.2) is 51.4 Å². The highest BCUT2D eigenvalue weighted by Crippen LogP contribution is 2.26. The predicted molar refractivity (Wildman–Crippen MR) is 121 cm³/mol. The molecule has 2 aromatic carbocycles. The maximum absolute atomic E-state index is 12.8. The number of piperazine rings is 1. The molecule has 30 heavy (non-hydrogen) atoms. The summed E-state index contributed by atoms with van der Waals surface area (Å²) in [5.74, 6) is -0.266. The van der Waals surface area contributed by atoms with E-state index in [9.17, 15) is 13.2 Å². The van der Waals surface area contributed by atoms with Crippen LogP contribution in [0.25, 0.3) is 0 Å². The number of halogens is 2. The summed E-state index contributed by atoms with van der Waals surface area (Å²) < 4.78 is 27.8. The summed E-state index contributed by atoms with van der Waals surface area (Å²) >= 11 is 11.9. The van der Waals surface area contributed by atoms with Crippen LogP contribution in [0.5, 0.6) is 0 Å². The molecular weight excluding hydrogens is 445 g/mol. The molecule has 1 saturated heterocycles. The zero-order valence-corrected chi connectivity index (χ0v) is 19.5. The highest BCUT2D eigenvalue weighted by molar-refractivity contribution is 7.89. The summed E-state index contributed by atoms with van der Waals surface area (Å²) in [5.41, 5.74) is 3.64. The van der Waals surface area contributed by atoms with Crippen LogP contribution in [0.15, 0.2) is 41.3 Å². The molecule has 1 atom stereocenters. The maximum Gasteiger partial charge on any atom is 0.242 e. The number of anilines is 1. The number of hydrogen-bond acceptors (Lipinski definition) is 4.